The van der Waals surface area contributed by atoms with Gasteiger partial charge in [0.15, 0.2) is 0 Å². The molecule has 2 heteroatoms. The summed E-state index contributed by atoms with van der Waals surface area (Å²) >= 11 is 0. The molecule has 0 radical (unpaired) electrons. The molecule has 1 aliphatic heterocycles. The van der Waals surface area contributed by atoms with Gasteiger partial charge in [0.1, 0.15) is 0 Å². The van der Waals surface area contributed by atoms with Gasteiger partial charge in [-0.05, 0) is 26.3 Å². The summed E-state index contributed by atoms with van der Waals surface area (Å²) in [5.74, 6) is 0.682. The quantitative estimate of drug-likeness (QED) is 0.570. The van der Waals surface area contributed by atoms with Gasteiger partial charge in [0.25, 0.3) is 0 Å². The first-order valence-electron chi connectivity index (χ1n) is 4.38. The van der Waals surface area contributed by atoms with Crippen LogP contribution >= 0.6 is 0 Å². The van der Waals surface area contributed by atoms with Crippen LogP contribution in [0.5, 0.6) is 0 Å². The molecule has 1 fully saturated rings. The molecule has 0 aromatic rings. The number of piperidine rings is 1. The molecule has 1 rings (SSSR count). The highest BCUT2D eigenvalue weighted by Gasteiger charge is 2.28. The first-order chi connectivity index (χ1) is 5.15. The predicted molar refractivity (Wildman–Crippen MR) is 46.7 cm³/mol. The summed E-state index contributed by atoms with van der Waals surface area (Å²) in [6, 6.07) is 0.677. The number of ether oxygens (including phenoxy) is 1. The van der Waals surface area contributed by atoms with Crippen molar-refractivity contribution in [2.45, 2.75) is 32.4 Å². The summed E-state index contributed by atoms with van der Waals surface area (Å²) in [4.78, 5) is 2.40. The second-order valence-electron chi connectivity index (χ2n) is 3.78. The van der Waals surface area contributed by atoms with Crippen LogP contribution in [0.15, 0.2) is 0 Å². The van der Waals surface area contributed by atoms with Crippen LogP contribution in [-0.2, 0) is 4.74 Å². The van der Waals surface area contributed by atoms with Crippen molar-refractivity contribution in [1.29, 1.82) is 0 Å². The van der Waals surface area contributed by atoms with Crippen molar-refractivity contribution in [3.8, 4) is 0 Å². The molecule has 0 saturated carbocycles. The molecule has 0 aliphatic carbocycles. The van der Waals surface area contributed by atoms with Crippen molar-refractivity contribution in [2.24, 2.45) is 5.92 Å². The molecule has 0 amide bonds. The van der Waals surface area contributed by atoms with Crippen molar-refractivity contribution in [3.63, 3.8) is 0 Å². The maximum absolute atomic E-state index is 5.40. The van der Waals surface area contributed by atoms with E-state index < -0.39 is 0 Å². The van der Waals surface area contributed by atoms with Gasteiger partial charge in [-0.2, -0.15) is 0 Å². The lowest BCUT2D eigenvalue weighted by Crippen LogP contribution is -2.45. The zero-order chi connectivity index (χ0) is 8.43. The molecule has 3 atom stereocenters. The zero-order valence-electron chi connectivity index (χ0n) is 8.00. The van der Waals surface area contributed by atoms with Gasteiger partial charge in [-0.15, -0.1) is 0 Å². The third kappa shape index (κ3) is 1.94. The van der Waals surface area contributed by atoms with E-state index in [2.05, 4.69) is 25.8 Å². The van der Waals surface area contributed by atoms with Crippen LogP contribution in [-0.4, -0.2) is 37.7 Å². The molecular formula is C9H19NO. The minimum absolute atomic E-state index is 0.473. The molecule has 1 heterocycles. The molecule has 0 bridgehead atoms. The maximum Gasteiger partial charge on any atom is 0.0623 e. The Balaban J connectivity index is 2.48. The molecule has 0 aromatic heterocycles. The Kier molecular flexibility index (Phi) is 2.90. The number of nitrogens with zero attached hydrogens (tertiary/aromatic N) is 1. The Morgan fingerprint density at radius 2 is 2.00 bits per heavy atom. The van der Waals surface area contributed by atoms with Crippen LogP contribution in [0.3, 0.4) is 0 Å². The van der Waals surface area contributed by atoms with Gasteiger partial charge in [-0.25, -0.2) is 0 Å². The van der Waals surface area contributed by atoms with Crippen LogP contribution in [0.4, 0.5) is 0 Å². The average Bonchev–Trinajstić information content (AvgIpc) is 1.97. The second-order valence-corrected chi connectivity index (χ2v) is 3.78. The Labute approximate surface area is 69.5 Å². The van der Waals surface area contributed by atoms with E-state index in [1.54, 1.807) is 0 Å². The van der Waals surface area contributed by atoms with Crippen molar-refractivity contribution in [1.82, 2.24) is 4.90 Å². The lowest BCUT2D eigenvalue weighted by molar-refractivity contribution is -0.0137. The first-order valence-corrected chi connectivity index (χ1v) is 4.38. The largest absolute Gasteiger partial charge is 0.381 e. The number of methoxy groups -OCH3 is 1. The summed E-state index contributed by atoms with van der Waals surface area (Å²) in [6.45, 7) is 5.69. The number of hydrogen-bond acceptors (Lipinski definition) is 2. The molecule has 66 valence electrons. The van der Waals surface area contributed by atoms with Crippen LogP contribution in [0, 0.1) is 5.92 Å². The molecule has 1 saturated heterocycles. The summed E-state index contributed by atoms with van der Waals surface area (Å²) in [6.07, 6.45) is 1.65. The number of hydrogen-bond donors (Lipinski definition) is 0. The highest BCUT2D eigenvalue weighted by molar-refractivity contribution is 4.81. The molecule has 1 aliphatic rings. The van der Waals surface area contributed by atoms with Crippen molar-refractivity contribution in [2.75, 3.05) is 20.7 Å². The normalized spacial score (nSPS) is 40.9. The fourth-order valence-corrected chi connectivity index (χ4v) is 1.83. The number of likely N-dealkylation sites (tertiary alicyclic amines) is 1. The zero-order valence-corrected chi connectivity index (χ0v) is 8.00. The predicted octanol–water partition coefficient (Wildman–Crippen LogP) is 1.36. The highest BCUT2D eigenvalue weighted by atomic mass is 16.5. The van der Waals surface area contributed by atoms with Crippen LogP contribution in [0.25, 0.3) is 0 Å². The molecule has 1 unspecified atom stereocenters. The van der Waals surface area contributed by atoms with E-state index in [4.69, 9.17) is 4.74 Å². The molecule has 0 N–H and O–H groups in total. The summed E-state index contributed by atoms with van der Waals surface area (Å²) in [5, 5.41) is 0. The standard InChI is InChI=1S/C9H19NO/c1-7-6-10(3)8(2)5-9(7)11-4/h7-9H,5-6H2,1-4H3/t7-,8-,9?/m1/s1. The second kappa shape index (κ2) is 3.55. The summed E-state index contributed by atoms with van der Waals surface area (Å²) in [5.41, 5.74) is 0. The molecule has 0 spiro atoms. The lowest BCUT2D eigenvalue weighted by atomic mass is 9.92. The Bertz CT molecular complexity index is 127. The maximum atomic E-state index is 5.40. The van der Waals surface area contributed by atoms with Gasteiger partial charge >= 0.3 is 0 Å². The minimum Gasteiger partial charge on any atom is -0.381 e. The average molecular weight is 157 g/mol. The van der Waals surface area contributed by atoms with E-state index in [1.165, 1.54) is 13.0 Å². The van der Waals surface area contributed by atoms with Crippen molar-refractivity contribution in [3.05, 3.63) is 0 Å². The topological polar surface area (TPSA) is 12.5 Å². The van der Waals surface area contributed by atoms with Gasteiger partial charge < -0.3 is 9.64 Å². The minimum atomic E-state index is 0.473. The number of rotatable bonds is 1. The van der Waals surface area contributed by atoms with Crippen molar-refractivity contribution < 1.29 is 4.74 Å². The van der Waals surface area contributed by atoms with Gasteiger partial charge in [-0.3, -0.25) is 0 Å². The fourth-order valence-electron chi connectivity index (χ4n) is 1.83. The molecule has 11 heavy (non-hydrogen) atoms. The monoisotopic (exact) mass is 157 g/mol. The van der Waals surface area contributed by atoms with Crippen molar-refractivity contribution >= 4 is 0 Å². The van der Waals surface area contributed by atoms with Gasteiger partial charge in [-0.1, -0.05) is 6.92 Å². The van der Waals surface area contributed by atoms with Gasteiger partial charge in [0.2, 0.25) is 0 Å². The lowest BCUT2D eigenvalue weighted by Gasteiger charge is -2.38. The summed E-state index contributed by atoms with van der Waals surface area (Å²) in [7, 11) is 4.01. The fraction of sp³-hybridized carbons (Fsp3) is 1.00. The van der Waals surface area contributed by atoms with E-state index >= 15 is 0 Å². The Morgan fingerprint density at radius 3 is 2.55 bits per heavy atom. The Morgan fingerprint density at radius 1 is 1.36 bits per heavy atom. The third-order valence-electron chi connectivity index (χ3n) is 2.84. The first kappa shape index (κ1) is 9.01. The van der Waals surface area contributed by atoms with Gasteiger partial charge in [0.05, 0.1) is 6.10 Å². The highest BCUT2D eigenvalue weighted by Crippen LogP contribution is 2.22. The molecule has 2 nitrogen and oxygen atoms in total. The smallest absolute Gasteiger partial charge is 0.0623 e. The third-order valence-corrected chi connectivity index (χ3v) is 2.84. The van der Waals surface area contributed by atoms with E-state index in [0.717, 1.165) is 0 Å². The molecular weight excluding hydrogens is 138 g/mol. The van der Waals surface area contributed by atoms with Gasteiger partial charge in [0, 0.05) is 19.7 Å². The van der Waals surface area contributed by atoms with E-state index in [1.807, 2.05) is 7.11 Å². The SMILES string of the molecule is COC1C[C@@H](C)N(C)C[C@H]1C. The van der Waals surface area contributed by atoms with Crippen LogP contribution in [0.2, 0.25) is 0 Å². The van der Waals surface area contributed by atoms with Crippen LogP contribution in [0.1, 0.15) is 20.3 Å². The molecule has 0 aromatic carbocycles. The van der Waals surface area contributed by atoms with E-state index in [0.29, 0.717) is 18.1 Å². The van der Waals surface area contributed by atoms with Crippen LogP contribution < -0.4 is 0 Å². The Hall–Kier alpha value is -0.0800. The summed E-state index contributed by atoms with van der Waals surface area (Å²) < 4.78 is 5.40. The van der Waals surface area contributed by atoms with E-state index in [9.17, 15) is 0 Å². The van der Waals surface area contributed by atoms with E-state index in [-0.39, 0.29) is 0 Å².